The van der Waals surface area contributed by atoms with Crippen LogP contribution in [0.2, 0.25) is 5.02 Å². The summed E-state index contributed by atoms with van der Waals surface area (Å²) in [4.78, 5) is 28.7. The molecule has 0 aromatic heterocycles. The first-order chi connectivity index (χ1) is 14.6. The molecule has 166 valence electrons. The Kier molecular flexibility index (Phi) is 6.88. The number of hydrogen-bond donors (Lipinski definition) is 2. The number of phenols is 1. The van der Waals surface area contributed by atoms with Crippen molar-refractivity contribution in [2.24, 2.45) is 0 Å². The number of benzene rings is 2. The smallest absolute Gasteiger partial charge is 0.257 e. The highest BCUT2D eigenvalue weighted by molar-refractivity contribution is 7.89. The minimum absolute atomic E-state index is 0.0395. The van der Waals surface area contributed by atoms with Crippen LogP contribution in [0.15, 0.2) is 47.4 Å². The standard InChI is InChI=1S/C21H24ClN3O5S/c1-14(2)23-31(29,30)15-7-8-18(22)17(13-15)21(28)25-11-9-24(10-12-25)20(27)16-5-3-4-6-19(16)26/h3-8,13-14,23,26H,9-12H2,1-2H3. The fraction of sp³-hybridized carbons (Fsp3) is 0.333. The minimum atomic E-state index is -3.77. The van der Waals surface area contributed by atoms with Crippen molar-refractivity contribution in [1.29, 1.82) is 0 Å². The predicted molar refractivity (Wildman–Crippen MR) is 117 cm³/mol. The van der Waals surface area contributed by atoms with Gasteiger partial charge >= 0.3 is 0 Å². The highest BCUT2D eigenvalue weighted by Gasteiger charge is 2.28. The van der Waals surface area contributed by atoms with E-state index in [0.29, 0.717) is 0 Å². The molecule has 10 heteroatoms. The van der Waals surface area contributed by atoms with E-state index in [0.717, 1.165) is 0 Å². The number of carbonyl (C=O) groups excluding carboxylic acids is 2. The number of aromatic hydroxyl groups is 1. The summed E-state index contributed by atoms with van der Waals surface area (Å²) in [6, 6.07) is 10.0. The molecule has 2 N–H and O–H groups in total. The van der Waals surface area contributed by atoms with Gasteiger partial charge in [-0.2, -0.15) is 0 Å². The van der Waals surface area contributed by atoms with Gasteiger partial charge in [-0.1, -0.05) is 23.7 Å². The molecule has 2 amide bonds. The van der Waals surface area contributed by atoms with E-state index < -0.39 is 15.9 Å². The number of rotatable bonds is 5. The lowest BCUT2D eigenvalue weighted by atomic mass is 10.1. The fourth-order valence-corrected chi connectivity index (χ4v) is 4.80. The van der Waals surface area contributed by atoms with Crippen molar-refractivity contribution in [3.8, 4) is 5.75 Å². The molecule has 1 aliphatic rings. The second kappa shape index (κ2) is 9.25. The minimum Gasteiger partial charge on any atom is -0.507 e. The van der Waals surface area contributed by atoms with Crippen LogP contribution in [0.4, 0.5) is 0 Å². The van der Waals surface area contributed by atoms with Crippen LogP contribution in [0, 0.1) is 0 Å². The van der Waals surface area contributed by atoms with Gasteiger partial charge in [-0.25, -0.2) is 13.1 Å². The summed E-state index contributed by atoms with van der Waals surface area (Å²) in [5.41, 5.74) is 0.301. The van der Waals surface area contributed by atoms with Crippen LogP contribution in [-0.2, 0) is 10.0 Å². The second-order valence-electron chi connectivity index (χ2n) is 7.52. The lowest BCUT2D eigenvalue weighted by molar-refractivity contribution is 0.0533. The number of nitrogens with one attached hydrogen (secondary N) is 1. The van der Waals surface area contributed by atoms with Crippen molar-refractivity contribution in [2.45, 2.75) is 24.8 Å². The third kappa shape index (κ3) is 5.17. The maximum atomic E-state index is 13.0. The van der Waals surface area contributed by atoms with E-state index in [1.54, 1.807) is 36.9 Å². The summed E-state index contributed by atoms with van der Waals surface area (Å²) in [7, 11) is -3.77. The van der Waals surface area contributed by atoms with E-state index >= 15 is 0 Å². The molecule has 0 aliphatic carbocycles. The Labute approximate surface area is 186 Å². The summed E-state index contributed by atoms with van der Waals surface area (Å²) < 4.78 is 27.4. The Hall–Kier alpha value is -2.62. The van der Waals surface area contributed by atoms with Crippen molar-refractivity contribution in [1.82, 2.24) is 14.5 Å². The largest absolute Gasteiger partial charge is 0.507 e. The summed E-state index contributed by atoms with van der Waals surface area (Å²) in [5.74, 6) is -0.803. The van der Waals surface area contributed by atoms with Crippen molar-refractivity contribution < 1.29 is 23.1 Å². The molecule has 1 aliphatic heterocycles. The fourth-order valence-electron chi connectivity index (χ4n) is 3.32. The lowest BCUT2D eigenvalue weighted by Crippen LogP contribution is -2.50. The number of phenolic OH excluding ortho intramolecular Hbond substituents is 1. The van der Waals surface area contributed by atoms with E-state index in [1.165, 1.54) is 29.2 Å². The number of hydrogen-bond acceptors (Lipinski definition) is 5. The highest BCUT2D eigenvalue weighted by atomic mass is 35.5. The zero-order chi connectivity index (χ0) is 22.8. The monoisotopic (exact) mass is 465 g/mol. The molecule has 31 heavy (non-hydrogen) atoms. The molecule has 0 unspecified atom stereocenters. The quantitative estimate of drug-likeness (QED) is 0.704. The van der Waals surface area contributed by atoms with Gasteiger partial charge in [0.15, 0.2) is 0 Å². The number of amides is 2. The van der Waals surface area contributed by atoms with Crippen LogP contribution >= 0.6 is 11.6 Å². The first-order valence-electron chi connectivity index (χ1n) is 9.78. The second-order valence-corrected chi connectivity index (χ2v) is 9.64. The molecule has 2 aromatic carbocycles. The van der Waals surface area contributed by atoms with Crippen LogP contribution in [0.25, 0.3) is 0 Å². The van der Waals surface area contributed by atoms with E-state index in [2.05, 4.69) is 4.72 Å². The van der Waals surface area contributed by atoms with Crippen molar-refractivity contribution in [2.75, 3.05) is 26.2 Å². The molecule has 3 rings (SSSR count). The number of halogens is 1. The van der Waals surface area contributed by atoms with Gasteiger partial charge in [0.1, 0.15) is 5.75 Å². The molecule has 2 aromatic rings. The Bertz CT molecular complexity index is 1100. The zero-order valence-electron chi connectivity index (χ0n) is 17.2. The molecule has 0 radical (unpaired) electrons. The Balaban J connectivity index is 1.73. The van der Waals surface area contributed by atoms with Gasteiger partial charge in [0.05, 0.1) is 21.0 Å². The third-order valence-electron chi connectivity index (χ3n) is 4.86. The average molecular weight is 466 g/mol. The first-order valence-corrected chi connectivity index (χ1v) is 11.6. The van der Waals surface area contributed by atoms with Gasteiger partial charge < -0.3 is 14.9 Å². The van der Waals surface area contributed by atoms with Crippen LogP contribution in [-0.4, -0.2) is 67.4 Å². The Morgan fingerprint density at radius 1 is 0.968 bits per heavy atom. The number of carbonyl (C=O) groups is 2. The Morgan fingerprint density at radius 2 is 1.52 bits per heavy atom. The lowest BCUT2D eigenvalue weighted by Gasteiger charge is -2.35. The Morgan fingerprint density at radius 3 is 2.06 bits per heavy atom. The third-order valence-corrected chi connectivity index (χ3v) is 6.84. The molecule has 0 atom stereocenters. The molecule has 0 spiro atoms. The van der Waals surface area contributed by atoms with Gasteiger partial charge in [0.25, 0.3) is 11.8 Å². The zero-order valence-corrected chi connectivity index (χ0v) is 18.8. The molecule has 8 nitrogen and oxygen atoms in total. The molecule has 1 fully saturated rings. The van der Waals surface area contributed by atoms with Crippen molar-refractivity contribution in [3.63, 3.8) is 0 Å². The van der Waals surface area contributed by atoms with Crippen molar-refractivity contribution >= 4 is 33.4 Å². The summed E-state index contributed by atoms with van der Waals surface area (Å²) >= 11 is 6.19. The van der Waals surface area contributed by atoms with Gasteiger partial charge in [-0.05, 0) is 44.2 Å². The average Bonchev–Trinajstić information content (AvgIpc) is 2.72. The van der Waals surface area contributed by atoms with Crippen LogP contribution in [0.3, 0.4) is 0 Å². The van der Waals surface area contributed by atoms with Gasteiger partial charge in [0.2, 0.25) is 10.0 Å². The van der Waals surface area contributed by atoms with Crippen LogP contribution < -0.4 is 4.72 Å². The molecule has 1 saturated heterocycles. The number of nitrogens with zero attached hydrogens (tertiary/aromatic N) is 2. The van der Waals surface area contributed by atoms with E-state index in [4.69, 9.17) is 11.6 Å². The SMILES string of the molecule is CC(C)NS(=O)(=O)c1ccc(Cl)c(C(=O)N2CCN(C(=O)c3ccccc3O)CC2)c1. The number of sulfonamides is 1. The molecular formula is C21H24ClN3O5S. The number of piperazine rings is 1. The van der Waals surface area contributed by atoms with Gasteiger partial charge in [0, 0.05) is 32.2 Å². The topological polar surface area (TPSA) is 107 Å². The predicted octanol–water partition coefficient (Wildman–Crippen LogP) is 2.33. The summed E-state index contributed by atoms with van der Waals surface area (Å²) in [5, 5.41) is 10.1. The van der Waals surface area contributed by atoms with Crippen LogP contribution in [0.1, 0.15) is 34.6 Å². The summed E-state index contributed by atoms with van der Waals surface area (Å²) in [6.07, 6.45) is 0. The molecule has 1 heterocycles. The van der Waals surface area contributed by atoms with E-state index in [-0.39, 0.29) is 64.9 Å². The number of para-hydroxylation sites is 1. The van der Waals surface area contributed by atoms with Gasteiger partial charge in [-0.15, -0.1) is 0 Å². The van der Waals surface area contributed by atoms with E-state index in [1.807, 2.05) is 0 Å². The van der Waals surface area contributed by atoms with Crippen molar-refractivity contribution in [3.05, 3.63) is 58.6 Å². The normalized spacial score (nSPS) is 14.7. The highest BCUT2D eigenvalue weighted by Crippen LogP contribution is 2.24. The maximum Gasteiger partial charge on any atom is 0.257 e. The van der Waals surface area contributed by atoms with Gasteiger partial charge in [-0.3, -0.25) is 9.59 Å². The first kappa shape index (κ1) is 23.1. The summed E-state index contributed by atoms with van der Waals surface area (Å²) in [6.45, 7) is 4.49. The molecule has 0 saturated carbocycles. The molecule has 0 bridgehead atoms. The maximum absolute atomic E-state index is 13.0. The van der Waals surface area contributed by atoms with Crippen LogP contribution in [0.5, 0.6) is 5.75 Å². The molecular weight excluding hydrogens is 442 g/mol. The van der Waals surface area contributed by atoms with E-state index in [9.17, 15) is 23.1 Å².